The lowest BCUT2D eigenvalue weighted by Crippen LogP contribution is -2.51. The number of aryl methyl sites for hydroxylation is 1. The molecule has 1 heterocycles. The maximum Gasteiger partial charge on any atom is 0.270 e. The van der Waals surface area contributed by atoms with Crippen LogP contribution in [-0.4, -0.2) is 68.3 Å². The van der Waals surface area contributed by atoms with Crippen LogP contribution in [0.5, 0.6) is 11.5 Å². The van der Waals surface area contributed by atoms with Crippen LogP contribution in [-0.2, 0) is 14.8 Å². The van der Waals surface area contributed by atoms with Crippen molar-refractivity contribution >= 4 is 21.6 Å². The van der Waals surface area contributed by atoms with E-state index in [0.717, 1.165) is 6.07 Å². The number of para-hydroxylation sites is 2. The van der Waals surface area contributed by atoms with Gasteiger partial charge in [-0.05, 0) is 24.6 Å². The molecule has 0 saturated carbocycles. The summed E-state index contributed by atoms with van der Waals surface area (Å²) in [5.74, 6) is 0.689. The number of hydrogen-bond donors (Lipinski definition) is 0. The fourth-order valence-corrected chi connectivity index (χ4v) is 4.93. The molecule has 31 heavy (non-hydrogen) atoms. The molecule has 1 aliphatic heterocycles. The van der Waals surface area contributed by atoms with Gasteiger partial charge in [0.15, 0.2) is 18.1 Å². The van der Waals surface area contributed by atoms with Crippen molar-refractivity contribution < 1.29 is 27.6 Å². The van der Waals surface area contributed by atoms with Crippen LogP contribution < -0.4 is 9.47 Å². The molecule has 0 radical (unpaired) electrons. The van der Waals surface area contributed by atoms with Gasteiger partial charge >= 0.3 is 0 Å². The number of nitro groups is 1. The molecule has 0 atom stereocenters. The molecule has 1 saturated heterocycles. The molecule has 2 aromatic rings. The third-order valence-electron chi connectivity index (χ3n) is 5.01. The van der Waals surface area contributed by atoms with E-state index in [0.29, 0.717) is 17.1 Å². The molecule has 11 heteroatoms. The molecule has 1 aliphatic rings. The van der Waals surface area contributed by atoms with E-state index in [-0.39, 0.29) is 49.3 Å². The molecule has 0 spiro atoms. The Hall–Kier alpha value is -3.18. The average molecular weight is 449 g/mol. The first-order chi connectivity index (χ1) is 14.7. The summed E-state index contributed by atoms with van der Waals surface area (Å²) in [6.07, 6.45) is 0. The second-order valence-corrected chi connectivity index (χ2v) is 8.84. The number of nitro benzene ring substituents is 1. The number of benzene rings is 2. The Morgan fingerprint density at radius 1 is 1.10 bits per heavy atom. The molecule has 1 fully saturated rings. The smallest absolute Gasteiger partial charge is 0.270 e. The van der Waals surface area contributed by atoms with Gasteiger partial charge in [0.2, 0.25) is 10.0 Å². The quantitative estimate of drug-likeness (QED) is 0.467. The van der Waals surface area contributed by atoms with Gasteiger partial charge in [-0.15, -0.1) is 0 Å². The summed E-state index contributed by atoms with van der Waals surface area (Å²) in [5.41, 5.74) is 0.140. The molecular weight excluding hydrogens is 426 g/mol. The average Bonchev–Trinajstić information content (AvgIpc) is 2.77. The summed E-state index contributed by atoms with van der Waals surface area (Å²) in [6, 6.07) is 10.7. The molecular formula is C20H23N3O7S. The van der Waals surface area contributed by atoms with Crippen molar-refractivity contribution in [1.29, 1.82) is 0 Å². The summed E-state index contributed by atoms with van der Waals surface area (Å²) in [4.78, 5) is 24.3. The SMILES string of the molecule is COc1ccccc1OCC(=O)N1CCN(S(=O)(=O)c2cc([N+](=O)[O-])ccc2C)CC1. The third kappa shape index (κ3) is 4.94. The molecule has 166 valence electrons. The van der Waals surface area contributed by atoms with Gasteiger partial charge in [-0.25, -0.2) is 8.42 Å². The Morgan fingerprint density at radius 2 is 1.74 bits per heavy atom. The first-order valence-corrected chi connectivity index (χ1v) is 11.0. The monoisotopic (exact) mass is 449 g/mol. The number of sulfonamides is 1. The highest BCUT2D eigenvalue weighted by Crippen LogP contribution is 2.27. The van der Waals surface area contributed by atoms with E-state index in [1.54, 1.807) is 31.2 Å². The highest BCUT2D eigenvalue weighted by molar-refractivity contribution is 7.89. The van der Waals surface area contributed by atoms with E-state index in [9.17, 15) is 23.3 Å². The van der Waals surface area contributed by atoms with E-state index in [1.165, 1.54) is 28.4 Å². The lowest BCUT2D eigenvalue weighted by molar-refractivity contribution is -0.385. The number of rotatable bonds is 7. The highest BCUT2D eigenvalue weighted by Gasteiger charge is 2.32. The van der Waals surface area contributed by atoms with Gasteiger partial charge < -0.3 is 14.4 Å². The number of nitrogens with zero attached hydrogens (tertiary/aromatic N) is 3. The molecule has 0 N–H and O–H groups in total. The second-order valence-electron chi connectivity index (χ2n) is 6.93. The zero-order chi connectivity index (χ0) is 22.6. The summed E-state index contributed by atoms with van der Waals surface area (Å²) >= 11 is 0. The lowest BCUT2D eigenvalue weighted by Gasteiger charge is -2.34. The minimum absolute atomic E-state index is 0.0882. The zero-order valence-corrected chi connectivity index (χ0v) is 18.0. The van der Waals surface area contributed by atoms with Crippen molar-refractivity contribution in [2.45, 2.75) is 11.8 Å². The van der Waals surface area contributed by atoms with Gasteiger partial charge in [-0.3, -0.25) is 14.9 Å². The second kappa shape index (κ2) is 9.31. The topological polar surface area (TPSA) is 119 Å². The number of methoxy groups -OCH3 is 1. The fraction of sp³-hybridized carbons (Fsp3) is 0.350. The summed E-state index contributed by atoms with van der Waals surface area (Å²) in [6.45, 7) is 1.96. The first kappa shape index (κ1) is 22.5. The van der Waals surface area contributed by atoms with Crippen molar-refractivity contribution in [1.82, 2.24) is 9.21 Å². The minimum atomic E-state index is -3.92. The Balaban J connectivity index is 1.63. The van der Waals surface area contributed by atoms with Gasteiger partial charge in [0, 0.05) is 38.3 Å². The minimum Gasteiger partial charge on any atom is -0.493 e. The Bertz CT molecular complexity index is 1080. The van der Waals surface area contributed by atoms with Gasteiger partial charge in [0.05, 0.1) is 16.9 Å². The standard InChI is InChI=1S/C20H23N3O7S/c1-15-7-8-16(23(25)26)13-19(15)31(27,28)22-11-9-21(10-12-22)20(24)14-30-18-6-4-3-5-17(18)29-2/h3-8,13H,9-12,14H2,1-2H3. The van der Waals surface area contributed by atoms with Crippen LogP contribution in [0.1, 0.15) is 5.56 Å². The Morgan fingerprint density at radius 3 is 2.35 bits per heavy atom. The lowest BCUT2D eigenvalue weighted by atomic mass is 10.2. The maximum absolute atomic E-state index is 13.0. The van der Waals surface area contributed by atoms with Crippen molar-refractivity contribution in [3.05, 3.63) is 58.1 Å². The number of hydrogen-bond acceptors (Lipinski definition) is 7. The van der Waals surface area contributed by atoms with Crippen LogP contribution in [0.3, 0.4) is 0 Å². The predicted octanol–water partition coefficient (Wildman–Crippen LogP) is 1.82. The molecule has 2 aromatic carbocycles. The van der Waals surface area contributed by atoms with E-state index in [4.69, 9.17) is 9.47 Å². The Labute approximate surface area is 180 Å². The molecule has 0 unspecified atom stereocenters. The van der Waals surface area contributed by atoms with Crippen LogP contribution in [0.15, 0.2) is 47.4 Å². The van der Waals surface area contributed by atoms with Crippen molar-refractivity contribution in [2.75, 3.05) is 39.9 Å². The van der Waals surface area contributed by atoms with E-state index in [2.05, 4.69) is 0 Å². The zero-order valence-electron chi connectivity index (χ0n) is 17.2. The third-order valence-corrected chi connectivity index (χ3v) is 7.05. The normalized spacial score (nSPS) is 14.8. The van der Waals surface area contributed by atoms with Crippen molar-refractivity contribution in [3.8, 4) is 11.5 Å². The molecule has 1 amide bonds. The molecule has 0 aliphatic carbocycles. The first-order valence-electron chi connectivity index (χ1n) is 9.53. The van der Waals surface area contributed by atoms with Gasteiger partial charge in [-0.2, -0.15) is 4.31 Å². The molecule has 3 rings (SSSR count). The summed E-state index contributed by atoms with van der Waals surface area (Å²) in [7, 11) is -2.41. The molecule has 0 aromatic heterocycles. The largest absolute Gasteiger partial charge is 0.493 e. The number of amides is 1. The Kier molecular flexibility index (Phi) is 6.76. The van der Waals surface area contributed by atoms with Crippen molar-refractivity contribution in [2.24, 2.45) is 0 Å². The van der Waals surface area contributed by atoms with E-state index < -0.39 is 14.9 Å². The van der Waals surface area contributed by atoms with Crippen LogP contribution in [0, 0.1) is 17.0 Å². The molecule has 10 nitrogen and oxygen atoms in total. The van der Waals surface area contributed by atoms with E-state index in [1.807, 2.05) is 0 Å². The number of ether oxygens (including phenoxy) is 2. The van der Waals surface area contributed by atoms with Crippen LogP contribution >= 0.6 is 0 Å². The number of piperazine rings is 1. The predicted molar refractivity (Wildman–Crippen MR) is 112 cm³/mol. The van der Waals surface area contributed by atoms with Crippen LogP contribution in [0.2, 0.25) is 0 Å². The fourth-order valence-electron chi connectivity index (χ4n) is 3.27. The molecule has 0 bridgehead atoms. The summed E-state index contributed by atoms with van der Waals surface area (Å²) < 4.78 is 38.0. The van der Waals surface area contributed by atoms with Gasteiger partial charge in [-0.1, -0.05) is 18.2 Å². The number of carbonyl (C=O) groups is 1. The highest BCUT2D eigenvalue weighted by atomic mass is 32.2. The maximum atomic E-state index is 13.0. The van der Waals surface area contributed by atoms with Crippen LogP contribution in [0.4, 0.5) is 5.69 Å². The van der Waals surface area contributed by atoms with Crippen LogP contribution in [0.25, 0.3) is 0 Å². The summed E-state index contributed by atoms with van der Waals surface area (Å²) in [5, 5.41) is 11.0. The number of non-ortho nitro benzene ring substituents is 1. The van der Waals surface area contributed by atoms with Gasteiger partial charge in [0.25, 0.3) is 11.6 Å². The van der Waals surface area contributed by atoms with E-state index >= 15 is 0 Å². The van der Waals surface area contributed by atoms with Gasteiger partial charge in [0.1, 0.15) is 0 Å². The number of carbonyl (C=O) groups excluding carboxylic acids is 1. The van der Waals surface area contributed by atoms with Crippen molar-refractivity contribution in [3.63, 3.8) is 0 Å².